The Hall–Kier alpha value is -5.54. The zero-order chi connectivity index (χ0) is 46.1. The highest BCUT2D eigenvalue weighted by Crippen LogP contribution is 2.52. The molecule has 10 rings (SSSR count). The van der Waals surface area contributed by atoms with E-state index >= 15 is 0 Å². The van der Waals surface area contributed by atoms with E-state index in [1.54, 1.807) is 12.4 Å². The number of aromatic nitrogens is 2. The third-order valence-electron chi connectivity index (χ3n) is 14.7. The zero-order valence-corrected chi connectivity index (χ0v) is 38.5. The van der Waals surface area contributed by atoms with Crippen LogP contribution in [0.4, 0.5) is 0 Å². The summed E-state index contributed by atoms with van der Waals surface area (Å²) in [6.45, 7) is 6.29. The van der Waals surface area contributed by atoms with Gasteiger partial charge in [-0.3, -0.25) is 24.5 Å². The SMILES string of the molecule is Cc1ccc2[nH]cc(C(=O)OC3CC4CCC3C(C(=O)NC(=O)C3C5CCC(CC5OC(=O)c5c[nH]c6ccc(C)cc56)C3C(=O)NCCCN(C)C)C4C(=O)NCCCN(C)C)c2c1. The van der Waals surface area contributed by atoms with Gasteiger partial charge in [0.25, 0.3) is 0 Å². The maximum Gasteiger partial charge on any atom is 0.340 e. The van der Waals surface area contributed by atoms with E-state index in [-0.39, 0.29) is 23.7 Å². The first-order valence-corrected chi connectivity index (χ1v) is 23.5. The minimum Gasteiger partial charge on any atom is -0.458 e. The van der Waals surface area contributed by atoms with Crippen LogP contribution in [0.1, 0.15) is 83.2 Å². The smallest absolute Gasteiger partial charge is 0.340 e. The number of carbonyl (C=O) groups is 6. The molecule has 65 heavy (non-hydrogen) atoms. The van der Waals surface area contributed by atoms with E-state index in [1.807, 2.05) is 88.2 Å². The van der Waals surface area contributed by atoms with Crippen molar-refractivity contribution in [3.05, 3.63) is 71.0 Å². The van der Waals surface area contributed by atoms with Gasteiger partial charge in [-0.15, -0.1) is 0 Å². The standard InChI is InChI=1S/C50H65N7O8/c1-27-9-15-37-33(21-27)35(25-53-37)49(62)64-39-23-29-11-13-31(39)43(41(29)45(58)51-17-7-19-56(3)4)47(60)55-48(61)44-32-14-12-30(42(44)46(59)52-18-8-20-57(5)6)24-40(32)65-50(63)36-26-54-38-16-10-28(2)22-34(36)38/h9-10,15-16,21-22,25-26,29-32,39-44,53-54H,7-8,11-14,17-20,23-24H2,1-6H3,(H,51,58)(H,52,59)(H,55,60,61). The molecule has 6 saturated carbocycles. The Morgan fingerprint density at radius 2 is 1.00 bits per heavy atom. The number of fused-ring (bicyclic) bond motifs is 8. The Labute approximate surface area is 380 Å². The second kappa shape index (κ2) is 19.5. The predicted octanol–water partition coefficient (Wildman–Crippen LogP) is 5.12. The van der Waals surface area contributed by atoms with Gasteiger partial charge in [0.05, 0.1) is 34.8 Å². The van der Waals surface area contributed by atoms with Crippen LogP contribution in [0, 0.1) is 61.2 Å². The molecule has 348 valence electrons. The van der Waals surface area contributed by atoms with E-state index in [4.69, 9.17) is 9.47 Å². The van der Waals surface area contributed by atoms with E-state index in [1.165, 1.54) is 0 Å². The van der Waals surface area contributed by atoms with Gasteiger partial charge in [0.15, 0.2) is 0 Å². The molecule has 10 atom stereocenters. The van der Waals surface area contributed by atoms with Crippen molar-refractivity contribution >= 4 is 57.4 Å². The van der Waals surface area contributed by atoms with Crippen molar-refractivity contribution in [3.8, 4) is 0 Å². The summed E-state index contributed by atoms with van der Waals surface area (Å²) in [6.07, 6.45) is 6.61. The number of amides is 4. The van der Waals surface area contributed by atoms with Gasteiger partial charge in [0.2, 0.25) is 23.6 Å². The average Bonchev–Trinajstić information content (AvgIpc) is 3.90. The fraction of sp³-hybridized carbons (Fsp3) is 0.560. The number of esters is 2. The Bertz CT molecular complexity index is 2270. The summed E-state index contributed by atoms with van der Waals surface area (Å²) >= 11 is 0. The number of hydrogen-bond donors (Lipinski definition) is 5. The first kappa shape index (κ1) is 46.0. The Balaban J connectivity index is 1.05. The largest absolute Gasteiger partial charge is 0.458 e. The summed E-state index contributed by atoms with van der Waals surface area (Å²) in [6, 6.07) is 11.6. The molecule has 4 amide bonds. The fourth-order valence-electron chi connectivity index (χ4n) is 11.6. The van der Waals surface area contributed by atoms with Gasteiger partial charge in [-0.25, -0.2) is 9.59 Å². The molecule has 5 N–H and O–H groups in total. The molecule has 10 unspecified atom stereocenters. The van der Waals surface area contributed by atoms with Gasteiger partial charge in [0, 0.05) is 59.1 Å². The lowest BCUT2D eigenvalue weighted by atomic mass is 9.56. The molecule has 4 bridgehead atoms. The van der Waals surface area contributed by atoms with Crippen LogP contribution < -0.4 is 16.0 Å². The monoisotopic (exact) mass is 891 g/mol. The lowest BCUT2D eigenvalue weighted by Crippen LogP contribution is -2.61. The highest BCUT2D eigenvalue weighted by Gasteiger charge is 2.58. The van der Waals surface area contributed by atoms with Crippen LogP contribution in [0.25, 0.3) is 21.8 Å². The summed E-state index contributed by atoms with van der Waals surface area (Å²) in [5.74, 6) is -7.82. The van der Waals surface area contributed by atoms with Crippen LogP contribution in [-0.4, -0.2) is 122 Å². The van der Waals surface area contributed by atoms with Crippen molar-refractivity contribution in [2.75, 3.05) is 54.4 Å². The number of ether oxygens (including phenoxy) is 2. The number of nitrogens with zero attached hydrogens (tertiary/aromatic N) is 2. The average molecular weight is 892 g/mol. The summed E-state index contributed by atoms with van der Waals surface area (Å²) in [7, 11) is 7.86. The van der Waals surface area contributed by atoms with Crippen LogP contribution in [0.5, 0.6) is 0 Å². The Morgan fingerprint density at radius 1 is 0.585 bits per heavy atom. The molecule has 4 aromatic rings. The number of aromatic amines is 2. The minimum absolute atomic E-state index is 0.255. The van der Waals surface area contributed by atoms with Crippen LogP contribution in [0.3, 0.4) is 0 Å². The van der Waals surface area contributed by atoms with Crippen molar-refractivity contribution in [2.45, 2.75) is 77.4 Å². The molecule has 15 heteroatoms. The topological polar surface area (TPSA) is 195 Å². The molecular weight excluding hydrogens is 827 g/mol. The molecular formula is C50H65N7O8. The second-order valence-electron chi connectivity index (χ2n) is 19.7. The molecule has 0 radical (unpaired) electrons. The van der Waals surface area contributed by atoms with Crippen molar-refractivity contribution in [3.63, 3.8) is 0 Å². The molecule has 0 saturated heterocycles. The molecule has 0 aliphatic heterocycles. The second-order valence-corrected chi connectivity index (χ2v) is 19.7. The third-order valence-corrected chi connectivity index (χ3v) is 14.7. The van der Waals surface area contributed by atoms with Gasteiger partial charge >= 0.3 is 11.9 Å². The van der Waals surface area contributed by atoms with Crippen LogP contribution >= 0.6 is 0 Å². The number of benzene rings is 2. The van der Waals surface area contributed by atoms with E-state index in [0.717, 1.165) is 46.0 Å². The van der Waals surface area contributed by atoms with Gasteiger partial charge in [-0.1, -0.05) is 23.3 Å². The molecule has 2 heterocycles. The maximum atomic E-state index is 14.9. The van der Waals surface area contributed by atoms with Crippen LogP contribution in [0.15, 0.2) is 48.8 Å². The highest BCUT2D eigenvalue weighted by molar-refractivity contribution is 6.06. The maximum absolute atomic E-state index is 14.9. The summed E-state index contributed by atoms with van der Waals surface area (Å²) in [5, 5.41) is 10.4. The van der Waals surface area contributed by atoms with E-state index in [2.05, 4.69) is 25.9 Å². The number of carbonyl (C=O) groups excluding carboxylic acids is 6. The Morgan fingerprint density at radius 3 is 1.40 bits per heavy atom. The van der Waals surface area contributed by atoms with Crippen molar-refractivity contribution in [1.29, 1.82) is 0 Å². The van der Waals surface area contributed by atoms with Crippen LogP contribution in [0.2, 0.25) is 0 Å². The van der Waals surface area contributed by atoms with E-state index in [9.17, 15) is 28.8 Å². The molecule has 6 aliphatic carbocycles. The molecule has 15 nitrogen and oxygen atoms in total. The third kappa shape index (κ3) is 9.72. The minimum atomic E-state index is -0.971. The number of aryl methyl sites for hydroxylation is 2. The van der Waals surface area contributed by atoms with Gasteiger partial charge in [-0.2, -0.15) is 0 Å². The first-order valence-electron chi connectivity index (χ1n) is 23.5. The number of hydrogen-bond acceptors (Lipinski definition) is 10. The fourth-order valence-corrected chi connectivity index (χ4v) is 11.6. The molecule has 6 aliphatic rings. The quantitative estimate of drug-likeness (QED) is 0.0573. The highest BCUT2D eigenvalue weighted by atomic mass is 16.5. The molecule has 6 fully saturated rings. The van der Waals surface area contributed by atoms with Gasteiger partial charge < -0.3 is 39.9 Å². The summed E-state index contributed by atoms with van der Waals surface area (Å²) in [4.78, 5) is 96.3. The zero-order valence-electron chi connectivity index (χ0n) is 38.5. The van der Waals surface area contributed by atoms with Crippen molar-refractivity contribution in [1.82, 2.24) is 35.7 Å². The number of rotatable bonds is 16. The number of imide groups is 1. The molecule has 0 spiro atoms. The normalized spacial score (nSPS) is 27.0. The molecule has 2 aromatic carbocycles. The number of H-pyrrole nitrogens is 2. The van der Waals surface area contributed by atoms with Gasteiger partial charge in [0.1, 0.15) is 12.2 Å². The van der Waals surface area contributed by atoms with Crippen molar-refractivity contribution in [2.24, 2.45) is 47.3 Å². The predicted molar refractivity (Wildman–Crippen MR) is 246 cm³/mol. The molecule has 2 aromatic heterocycles. The number of nitrogens with one attached hydrogen (secondary N) is 5. The summed E-state index contributed by atoms with van der Waals surface area (Å²) in [5.41, 5.74) is 4.38. The van der Waals surface area contributed by atoms with Gasteiger partial charge in [-0.05, 0) is 143 Å². The first-order chi connectivity index (χ1) is 31.2. The van der Waals surface area contributed by atoms with E-state index in [0.29, 0.717) is 75.6 Å². The lowest BCUT2D eigenvalue weighted by molar-refractivity contribution is -0.162. The van der Waals surface area contributed by atoms with Crippen molar-refractivity contribution < 1.29 is 38.2 Å². The Kier molecular flexibility index (Phi) is 13.8. The van der Waals surface area contributed by atoms with E-state index < -0.39 is 71.5 Å². The lowest BCUT2D eigenvalue weighted by Gasteiger charge is -2.51. The summed E-state index contributed by atoms with van der Waals surface area (Å²) < 4.78 is 12.5. The van der Waals surface area contributed by atoms with Crippen LogP contribution in [-0.2, 0) is 28.7 Å².